The van der Waals surface area contributed by atoms with E-state index in [9.17, 15) is 4.79 Å². The van der Waals surface area contributed by atoms with Crippen LogP contribution >= 0.6 is 0 Å². The van der Waals surface area contributed by atoms with E-state index >= 15 is 0 Å². The minimum atomic E-state index is -0.200. The van der Waals surface area contributed by atoms with Gasteiger partial charge in [0.2, 0.25) is 0 Å². The first-order valence-electron chi connectivity index (χ1n) is 6.27. The SMILES string of the molecule is CCC(C)NC(=O)NCOc1ccc(C)cc1C. The predicted molar refractivity (Wildman–Crippen MR) is 72.8 cm³/mol. The van der Waals surface area contributed by atoms with Crippen LogP contribution in [0.25, 0.3) is 0 Å². The number of benzene rings is 1. The quantitative estimate of drug-likeness (QED) is 0.789. The molecule has 100 valence electrons. The summed E-state index contributed by atoms with van der Waals surface area (Å²) in [7, 11) is 0. The molecule has 4 nitrogen and oxygen atoms in total. The summed E-state index contributed by atoms with van der Waals surface area (Å²) >= 11 is 0. The molecule has 1 rings (SSSR count). The Morgan fingerprint density at radius 1 is 1.39 bits per heavy atom. The van der Waals surface area contributed by atoms with Crippen LogP contribution in [0.3, 0.4) is 0 Å². The normalized spacial score (nSPS) is 11.8. The van der Waals surface area contributed by atoms with E-state index in [1.807, 2.05) is 39.8 Å². The fourth-order valence-corrected chi connectivity index (χ4v) is 1.52. The van der Waals surface area contributed by atoms with Crippen molar-refractivity contribution in [1.29, 1.82) is 0 Å². The number of hydrogen-bond donors (Lipinski definition) is 2. The highest BCUT2D eigenvalue weighted by Gasteiger charge is 2.04. The molecule has 0 saturated heterocycles. The molecular formula is C14H22N2O2. The van der Waals surface area contributed by atoms with Crippen molar-refractivity contribution in [1.82, 2.24) is 10.6 Å². The second kappa shape index (κ2) is 6.89. The zero-order valence-corrected chi connectivity index (χ0v) is 11.5. The van der Waals surface area contributed by atoms with Crippen molar-refractivity contribution in [3.63, 3.8) is 0 Å². The molecule has 1 unspecified atom stereocenters. The Morgan fingerprint density at radius 3 is 2.72 bits per heavy atom. The van der Waals surface area contributed by atoms with E-state index in [0.29, 0.717) is 0 Å². The third kappa shape index (κ3) is 4.65. The van der Waals surface area contributed by atoms with E-state index in [1.54, 1.807) is 0 Å². The summed E-state index contributed by atoms with van der Waals surface area (Å²) in [5.74, 6) is 0.796. The molecule has 0 aliphatic rings. The molecule has 0 saturated carbocycles. The molecule has 0 spiro atoms. The van der Waals surface area contributed by atoms with E-state index in [2.05, 4.69) is 16.7 Å². The first kappa shape index (κ1) is 14.4. The first-order valence-corrected chi connectivity index (χ1v) is 6.27. The Bertz CT molecular complexity index is 405. The van der Waals surface area contributed by atoms with Gasteiger partial charge in [-0.05, 0) is 38.8 Å². The Morgan fingerprint density at radius 2 is 2.11 bits per heavy atom. The smallest absolute Gasteiger partial charge is 0.317 e. The maximum absolute atomic E-state index is 11.4. The molecule has 2 amide bonds. The number of hydrogen-bond acceptors (Lipinski definition) is 2. The standard InChI is InChI=1S/C14H22N2O2/c1-5-12(4)16-14(17)15-9-18-13-7-6-10(2)8-11(13)3/h6-8,12H,5,9H2,1-4H3,(H2,15,16,17). The molecule has 0 aromatic heterocycles. The van der Waals surface area contributed by atoms with Crippen molar-refractivity contribution in [2.45, 2.75) is 40.2 Å². The van der Waals surface area contributed by atoms with Crippen LogP contribution < -0.4 is 15.4 Å². The van der Waals surface area contributed by atoms with Crippen molar-refractivity contribution >= 4 is 6.03 Å². The maximum Gasteiger partial charge on any atom is 0.317 e. The number of ether oxygens (including phenoxy) is 1. The van der Waals surface area contributed by atoms with Gasteiger partial charge >= 0.3 is 6.03 Å². The Labute approximate surface area is 109 Å². The molecule has 1 atom stereocenters. The van der Waals surface area contributed by atoms with Gasteiger partial charge in [-0.25, -0.2) is 4.79 Å². The van der Waals surface area contributed by atoms with Gasteiger partial charge in [-0.3, -0.25) is 0 Å². The van der Waals surface area contributed by atoms with Crippen LogP contribution in [0.5, 0.6) is 5.75 Å². The molecule has 4 heteroatoms. The fraction of sp³-hybridized carbons (Fsp3) is 0.500. The highest BCUT2D eigenvalue weighted by atomic mass is 16.5. The summed E-state index contributed by atoms with van der Waals surface area (Å²) < 4.78 is 5.51. The molecule has 18 heavy (non-hydrogen) atoms. The van der Waals surface area contributed by atoms with Crippen molar-refractivity contribution in [3.8, 4) is 5.75 Å². The average molecular weight is 250 g/mol. The molecule has 0 heterocycles. The highest BCUT2D eigenvalue weighted by molar-refractivity contribution is 5.73. The molecule has 0 aliphatic heterocycles. The molecule has 2 N–H and O–H groups in total. The topological polar surface area (TPSA) is 50.4 Å². The summed E-state index contributed by atoms with van der Waals surface area (Å²) in [5.41, 5.74) is 2.27. The first-order chi connectivity index (χ1) is 8.52. The monoisotopic (exact) mass is 250 g/mol. The van der Waals surface area contributed by atoms with Crippen LogP contribution in [0.1, 0.15) is 31.4 Å². The van der Waals surface area contributed by atoms with Crippen molar-refractivity contribution in [3.05, 3.63) is 29.3 Å². The molecule has 1 aromatic rings. The lowest BCUT2D eigenvalue weighted by molar-refractivity contribution is 0.220. The van der Waals surface area contributed by atoms with Gasteiger partial charge in [0.1, 0.15) is 5.75 Å². The average Bonchev–Trinajstić information content (AvgIpc) is 2.31. The third-order valence-corrected chi connectivity index (χ3v) is 2.78. The number of carbonyl (C=O) groups excluding carboxylic acids is 1. The Hall–Kier alpha value is -1.71. The minimum Gasteiger partial charge on any atom is -0.473 e. The molecule has 0 aliphatic carbocycles. The van der Waals surface area contributed by atoms with Crippen molar-refractivity contribution < 1.29 is 9.53 Å². The van der Waals surface area contributed by atoms with Gasteiger partial charge in [0, 0.05) is 6.04 Å². The number of rotatable bonds is 5. The Balaban J connectivity index is 2.35. The van der Waals surface area contributed by atoms with Gasteiger partial charge in [-0.15, -0.1) is 0 Å². The largest absolute Gasteiger partial charge is 0.473 e. The second-order valence-corrected chi connectivity index (χ2v) is 4.52. The third-order valence-electron chi connectivity index (χ3n) is 2.78. The molecule has 0 radical (unpaired) electrons. The zero-order chi connectivity index (χ0) is 13.5. The zero-order valence-electron chi connectivity index (χ0n) is 11.5. The predicted octanol–water partition coefficient (Wildman–Crippen LogP) is 2.74. The van der Waals surface area contributed by atoms with Gasteiger partial charge in [-0.2, -0.15) is 0 Å². The molecule has 0 bridgehead atoms. The lowest BCUT2D eigenvalue weighted by Gasteiger charge is -2.14. The van der Waals surface area contributed by atoms with Crippen LogP contribution in [0.15, 0.2) is 18.2 Å². The lowest BCUT2D eigenvalue weighted by atomic mass is 10.1. The fourth-order valence-electron chi connectivity index (χ4n) is 1.52. The maximum atomic E-state index is 11.4. The van der Waals surface area contributed by atoms with Gasteiger partial charge in [0.05, 0.1) is 0 Å². The van der Waals surface area contributed by atoms with E-state index in [4.69, 9.17) is 4.74 Å². The van der Waals surface area contributed by atoms with Crippen LogP contribution in [-0.2, 0) is 0 Å². The van der Waals surface area contributed by atoms with Gasteiger partial charge in [0.15, 0.2) is 6.73 Å². The van der Waals surface area contributed by atoms with Crippen LogP contribution in [-0.4, -0.2) is 18.8 Å². The van der Waals surface area contributed by atoms with E-state index < -0.39 is 0 Å². The van der Waals surface area contributed by atoms with Gasteiger partial charge in [-0.1, -0.05) is 24.6 Å². The number of urea groups is 1. The second-order valence-electron chi connectivity index (χ2n) is 4.52. The van der Waals surface area contributed by atoms with Gasteiger partial charge < -0.3 is 15.4 Å². The van der Waals surface area contributed by atoms with E-state index in [0.717, 1.165) is 17.7 Å². The van der Waals surface area contributed by atoms with Crippen LogP contribution in [0.2, 0.25) is 0 Å². The van der Waals surface area contributed by atoms with Crippen molar-refractivity contribution in [2.75, 3.05) is 6.73 Å². The number of carbonyl (C=O) groups is 1. The minimum absolute atomic E-state index is 0.172. The van der Waals surface area contributed by atoms with Crippen molar-refractivity contribution in [2.24, 2.45) is 0 Å². The molecular weight excluding hydrogens is 228 g/mol. The highest BCUT2D eigenvalue weighted by Crippen LogP contribution is 2.18. The number of aryl methyl sites for hydroxylation is 2. The van der Waals surface area contributed by atoms with E-state index in [-0.39, 0.29) is 18.8 Å². The summed E-state index contributed by atoms with van der Waals surface area (Å²) in [6, 6.07) is 5.93. The Kier molecular flexibility index (Phi) is 5.49. The molecule has 0 fully saturated rings. The summed E-state index contributed by atoms with van der Waals surface area (Å²) in [4.78, 5) is 11.4. The van der Waals surface area contributed by atoms with Crippen LogP contribution in [0.4, 0.5) is 4.79 Å². The lowest BCUT2D eigenvalue weighted by Crippen LogP contribution is -2.41. The summed E-state index contributed by atoms with van der Waals surface area (Å²) in [6.45, 7) is 8.18. The number of amides is 2. The van der Waals surface area contributed by atoms with Crippen LogP contribution in [0, 0.1) is 13.8 Å². The molecule has 1 aromatic carbocycles. The summed E-state index contributed by atoms with van der Waals surface area (Å²) in [6.07, 6.45) is 0.908. The van der Waals surface area contributed by atoms with Gasteiger partial charge in [0.25, 0.3) is 0 Å². The summed E-state index contributed by atoms with van der Waals surface area (Å²) in [5, 5.41) is 5.48. The number of nitrogens with one attached hydrogen (secondary N) is 2. The van der Waals surface area contributed by atoms with E-state index in [1.165, 1.54) is 5.56 Å².